The highest BCUT2D eigenvalue weighted by atomic mass is 35.5. The van der Waals surface area contributed by atoms with Gasteiger partial charge in [-0.2, -0.15) is 0 Å². The molecule has 0 amide bonds. The monoisotopic (exact) mass is 189 g/mol. The second-order valence-electron chi connectivity index (χ2n) is 2.36. The van der Waals surface area contributed by atoms with Crippen molar-refractivity contribution in [2.24, 2.45) is 0 Å². The highest BCUT2D eigenvalue weighted by molar-refractivity contribution is 6.35. The Kier molecular flexibility index (Phi) is 2.74. The zero-order valence-corrected chi connectivity index (χ0v) is 8.00. The van der Waals surface area contributed by atoms with E-state index in [2.05, 4.69) is 4.98 Å². The molecule has 0 aliphatic carbocycles. The van der Waals surface area contributed by atoms with Crippen molar-refractivity contribution < 1.29 is 0 Å². The molecule has 0 saturated carbocycles. The fourth-order valence-corrected chi connectivity index (χ4v) is 1.25. The van der Waals surface area contributed by atoms with Crippen molar-refractivity contribution in [3.63, 3.8) is 0 Å². The zero-order valence-electron chi connectivity index (χ0n) is 6.49. The molecule has 0 atom stereocenters. The van der Waals surface area contributed by atoms with E-state index in [4.69, 9.17) is 23.2 Å². The molecule has 1 heterocycles. The Hall–Kier alpha value is -0.270. The third-order valence-electron chi connectivity index (χ3n) is 1.57. The Labute approximate surface area is 76.4 Å². The van der Waals surface area contributed by atoms with Gasteiger partial charge < -0.3 is 0 Å². The smallest absolute Gasteiger partial charge is 0.133 e. The van der Waals surface area contributed by atoms with Gasteiger partial charge in [-0.25, -0.2) is 4.98 Å². The van der Waals surface area contributed by atoms with Crippen LogP contribution in [0.5, 0.6) is 0 Å². The fourth-order valence-electron chi connectivity index (χ4n) is 0.776. The second kappa shape index (κ2) is 3.42. The fraction of sp³-hybridized carbons (Fsp3) is 0.375. The summed E-state index contributed by atoms with van der Waals surface area (Å²) in [4.78, 5) is 4.13. The van der Waals surface area contributed by atoms with Crippen LogP contribution in [0, 0.1) is 6.92 Å². The summed E-state index contributed by atoms with van der Waals surface area (Å²) in [7, 11) is 0. The molecule has 0 aliphatic rings. The third kappa shape index (κ3) is 1.85. The van der Waals surface area contributed by atoms with Gasteiger partial charge in [0.1, 0.15) is 5.15 Å². The van der Waals surface area contributed by atoms with Crippen LogP contribution in [0.25, 0.3) is 0 Å². The van der Waals surface area contributed by atoms with Gasteiger partial charge in [0.25, 0.3) is 0 Å². The molecule has 1 rings (SSSR count). The van der Waals surface area contributed by atoms with E-state index in [1.807, 2.05) is 19.9 Å². The maximum Gasteiger partial charge on any atom is 0.133 e. The van der Waals surface area contributed by atoms with Gasteiger partial charge in [-0.05, 0) is 19.4 Å². The van der Waals surface area contributed by atoms with Gasteiger partial charge in [0, 0.05) is 16.3 Å². The summed E-state index contributed by atoms with van der Waals surface area (Å²) in [6.07, 6.45) is 0.861. The van der Waals surface area contributed by atoms with Crippen molar-refractivity contribution in [3.8, 4) is 0 Å². The lowest BCUT2D eigenvalue weighted by Gasteiger charge is -2.02. The first-order valence-electron chi connectivity index (χ1n) is 3.46. The van der Waals surface area contributed by atoms with E-state index >= 15 is 0 Å². The molecule has 11 heavy (non-hydrogen) atoms. The summed E-state index contributed by atoms with van der Waals surface area (Å²) in [5.74, 6) is 0. The van der Waals surface area contributed by atoms with E-state index in [-0.39, 0.29) is 0 Å². The third-order valence-corrected chi connectivity index (χ3v) is 2.33. The van der Waals surface area contributed by atoms with Gasteiger partial charge in [-0.15, -0.1) is 0 Å². The van der Waals surface area contributed by atoms with E-state index in [9.17, 15) is 0 Å². The highest BCUT2D eigenvalue weighted by Gasteiger charge is 2.03. The molecule has 0 radical (unpaired) electrons. The van der Waals surface area contributed by atoms with Crippen molar-refractivity contribution >= 4 is 23.2 Å². The summed E-state index contributed by atoms with van der Waals surface area (Å²) in [5.41, 5.74) is 1.79. The van der Waals surface area contributed by atoms with E-state index in [1.54, 1.807) is 0 Å². The molecule has 0 fully saturated rings. The van der Waals surface area contributed by atoms with Crippen molar-refractivity contribution in [1.29, 1.82) is 0 Å². The Morgan fingerprint density at radius 2 is 2.09 bits per heavy atom. The average molecular weight is 190 g/mol. The molecule has 1 aromatic heterocycles. The van der Waals surface area contributed by atoms with Gasteiger partial charge in [0.2, 0.25) is 0 Å². The number of pyridine rings is 1. The summed E-state index contributed by atoms with van der Waals surface area (Å²) in [6, 6.07) is 1.85. The lowest BCUT2D eigenvalue weighted by Crippen LogP contribution is -1.90. The van der Waals surface area contributed by atoms with E-state index in [0.717, 1.165) is 17.7 Å². The Morgan fingerprint density at radius 3 is 2.55 bits per heavy atom. The first kappa shape index (κ1) is 8.82. The number of hydrogen-bond acceptors (Lipinski definition) is 1. The van der Waals surface area contributed by atoms with E-state index in [1.165, 1.54) is 0 Å². The Bertz CT molecular complexity index is 248. The number of nitrogens with zero attached hydrogens (tertiary/aromatic N) is 1. The van der Waals surface area contributed by atoms with Crippen molar-refractivity contribution in [1.82, 2.24) is 4.98 Å². The van der Waals surface area contributed by atoms with Crippen molar-refractivity contribution in [3.05, 3.63) is 27.5 Å². The number of halogens is 2. The molecule has 1 aromatic rings. The minimum absolute atomic E-state index is 0.509. The molecular weight excluding hydrogens is 181 g/mol. The van der Waals surface area contributed by atoms with Crippen LogP contribution < -0.4 is 0 Å². The van der Waals surface area contributed by atoms with Gasteiger partial charge in [0.05, 0.1) is 0 Å². The molecular formula is C8H9Cl2N. The standard InChI is InChI=1S/C8H9Cl2N/c1-3-6-4-7(9)5(2)8(10)11-6/h4H,3H2,1-2H3. The van der Waals surface area contributed by atoms with Crippen LogP contribution in [0.1, 0.15) is 18.2 Å². The summed E-state index contributed by atoms with van der Waals surface area (Å²) in [5, 5.41) is 1.20. The Balaban J connectivity index is 3.21. The van der Waals surface area contributed by atoms with Crippen LogP contribution in [0.2, 0.25) is 10.2 Å². The lowest BCUT2D eigenvalue weighted by atomic mass is 10.2. The van der Waals surface area contributed by atoms with E-state index in [0.29, 0.717) is 10.2 Å². The SMILES string of the molecule is CCc1cc(Cl)c(C)c(Cl)n1. The normalized spacial score (nSPS) is 10.2. The maximum absolute atomic E-state index is 5.87. The first-order valence-corrected chi connectivity index (χ1v) is 4.22. The van der Waals surface area contributed by atoms with E-state index < -0.39 is 0 Å². The van der Waals surface area contributed by atoms with Gasteiger partial charge in [-0.1, -0.05) is 30.1 Å². The summed E-state index contributed by atoms with van der Waals surface area (Å²) in [6.45, 7) is 3.88. The molecule has 3 heteroatoms. The van der Waals surface area contributed by atoms with Crippen LogP contribution in [-0.2, 0) is 6.42 Å². The van der Waals surface area contributed by atoms with Gasteiger partial charge in [0.15, 0.2) is 0 Å². The second-order valence-corrected chi connectivity index (χ2v) is 3.13. The molecule has 60 valence electrons. The number of aromatic nitrogens is 1. The lowest BCUT2D eigenvalue weighted by molar-refractivity contribution is 1.03. The summed E-state index contributed by atoms with van der Waals surface area (Å²) < 4.78 is 0. The number of rotatable bonds is 1. The van der Waals surface area contributed by atoms with Crippen LogP contribution >= 0.6 is 23.2 Å². The molecule has 0 spiro atoms. The Morgan fingerprint density at radius 1 is 1.45 bits per heavy atom. The molecule has 0 bridgehead atoms. The molecule has 1 nitrogen and oxygen atoms in total. The zero-order chi connectivity index (χ0) is 8.43. The van der Waals surface area contributed by atoms with Gasteiger partial charge >= 0.3 is 0 Å². The molecule has 0 aliphatic heterocycles. The predicted octanol–water partition coefficient (Wildman–Crippen LogP) is 3.26. The number of hydrogen-bond donors (Lipinski definition) is 0. The topological polar surface area (TPSA) is 12.9 Å². The minimum Gasteiger partial charge on any atom is -0.241 e. The predicted molar refractivity (Wildman–Crippen MR) is 48.4 cm³/mol. The molecule has 0 aromatic carbocycles. The largest absolute Gasteiger partial charge is 0.241 e. The first-order chi connectivity index (χ1) is 5.15. The number of aryl methyl sites for hydroxylation is 1. The van der Waals surface area contributed by atoms with Crippen LogP contribution in [0.3, 0.4) is 0 Å². The molecule has 0 saturated heterocycles. The summed E-state index contributed by atoms with van der Waals surface area (Å²) >= 11 is 11.7. The van der Waals surface area contributed by atoms with Crippen molar-refractivity contribution in [2.75, 3.05) is 0 Å². The average Bonchev–Trinajstić information content (AvgIpc) is 1.99. The van der Waals surface area contributed by atoms with Crippen molar-refractivity contribution in [2.45, 2.75) is 20.3 Å². The van der Waals surface area contributed by atoms with Crippen LogP contribution in [-0.4, -0.2) is 4.98 Å². The van der Waals surface area contributed by atoms with Crippen LogP contribution in [0.4, 0.5) is 0 Å². The van der Waals surface area contributed by atoms with Gasteiger partial charge in [-0.3, -0.25) is 0 Å². The quantitative estimate of drug-likeness (QED) is 0.619. The molecule has 0 N–H and O–H groups in total. The minimum atomic E-state index is 0.509. The van der Waals surface area contributed by atoms with Crippen LogP contribution in [0.15, 0.2) is 6.07 Å². The molecule has 0 unspecified atom stereocenters. The highest BCUT2D eigenvalue weighted by Crippen LogP contribution is 2.22. The maximum atomic E-state index is 5.87.